The summed E-state index contributed by atoms with van der Waals surface area (Å²) in [7, 11) is 0. The lowest BCUT2D eigenvalue weighted by atomic mass is 9.90. The van der Waals surface area contributed by atoms with Gasteiger partial charge in [0.05, 0.1) is 0 Å². The first kappa shape index (κ1) is 18.7. The highest BCUT2D eigenvalue weighted by atomic mass is 16.1. The Hall–Kier alpha value is -3.06. The summed E-state index contributed by atoms with van der Waals surface area (Å²) >= 11 is 0. The zero-order chi connectivity index (χ0) is 18.9. The number of rotatable bonds is 6. The summed E-state index contributed by atoms with van der Waals surface area (Å²) in [4.78, 5) is 14.4. The molecule has 0 atom stereocenters. The van der Waals surface area contributed by atoms with Gasteiger partial charge in [0.2, 0.25) is 0 Å². The molecule has 1 saturated heterocycles. The zero-order valence-corrected chi connectivity index (χ0v) is 15.5. The molecule has 1 aliphatic rings. The Morgan fingerprint density at radius 3 is 2.22 bits per heavy atom. The van der Waals surface area contributed by atoms with Gasteiger partial charge in [0.25, 0.3) is 5.91 Å². The number of hydrogen-bond donors (Lipinski definition) is 1. The van der Waals surface area contributed by atoms with Crippen LogP contribution in [-0.2, 0) is 17.8 Å². The molecule has 1 aliphatic heterocycles. The van der Waals surface area contributed by atoms with E-state index in [0.717, 1.165) is 37.9 Å². The monoisotopic (exact) mass is 359 g/mol. The molecular weight excluding hydrogens is 334 g/mol. The maximum Gasteiger partial charge on any atom is 0.263 e. The fourth-order valence-electron chi connectivity index (χ4n) is 3.43. The van der Waals surface area contributed by atoms with Crippen molar-refractivity contribution in [3.05, 3.63) is 83.6 Å². The molecule has 1 N–H and O–H groups in total. The molecule has 1 fully saturated rings. The minimum atomic E-state index is -0.312. The zero-order valence-electron chi connectivity index (χ0n) is 15.5. The Bertz CT molecular complexity index is 801. The Morgan fingerprint density at radius 1 is 1.04 bits per heavy atom. The highest BCUT2D eigenvalue weighted by Crippen LogP contribution is 2.22. The summed E-state index contributed by atoms with van der Waals surface area (Å²) in [5.74, 6) is 0.349. The molecule has 4 heteroatoms. The molecule has 4 nitrogen and oxygen atoms in total. The molecule has 0 bridgehead atoms. The van der Waals surface area contributed by atoms with Crippen LogP contribution in [0.25, 0.3) is 0 Å². The molecule has 3 rings (SSSR count). The van der Waals surface area contributed by atoms with Crippen molar-refractivity contribution in [3.8, 4) is 6.07 Å². The van der Waals surface area contributed by atoms with Gasteiger partial charge in [0, 0.05) is 25.8 Å². The summed E-state index contributed by atoms with van der Waals surface area (Å²) in [6, 6.07) is 22.3. The van der Waals surface area contributed by atoms with E-state index in [1.807, 2.05) is 42.5 Å². The average Bonchev–Trinajstić information content (AvgIpc) is 2.73. The van der Waals surface area contributed by atoms with Crippen molar-refractivity contribution >= 4 is 5.91 Å². The standard InChI is InChI=1S/C23H25N3O/c24-16-22(23(27)25-17-21-9-5-2-6-10-21)18-26-13-11-20(12-14-26)15-19-7-3-1-4-8-19/h1-10,18,20H,11-15,17H2,(H,25,27)/b22-18-. The number of nitrogens with zero attached hydrogens (tertiary/aromatic N) is 2. The van der Waals surface area contributed by atoms with Crippen molar-refractivity contribution < 1.29 is 4.79 Å². The van der Waals surface area contributed by atoms with Crippen molar-refractivity contribution in [1.82, 2.24) is 10.2 Å². The number of nitrogens with one attached hydrogen (secondary N) is 1. The number of likely N-dealkylation sites (tertiary alicyclic amines) is 1. The van der Waals surface area contributed by atoms with Crippen LogP contribution < -0.4 is 5.32 Å². The van der Waals surface area contributed by atoms with Gasteiger partial charge in [0.1, 0.15) is 11.6 Å². The summed E-state index contributed by atoms with van der Waals surface area (Å²) in [5, 5.41) is 12.2. The van der Waals surface area contributed by atoms with Crippen LogP contribution in [0.3, 0.4) is 0 Å². The average molecular weight is 359 g/mol. The smallest absolute Gasteiger partial charge is 0.263 e. The molecule has 0 aliphatic carbocycles. The van der Waals surface area contributed by atoms with Crippen molar-refractivity contribution in [2.75, 3.05) is 13.1 Å². The van der Waals surface area contributed by atoms with E-state index in [4.69, 9.17) is 0 Å². The minimum Gasteiger partial charge on any atom is -0.376 e. The molecule has 138 valence electrons. The number of hydrogen-bond acceptors (Lipinski definition) is 3. The predicted octanol–water partition coefficient (Wildman–Crippen LogP) is 3.66. The van der Waals surface area contributed by atoms with E-state index in [2.05, 4.69) is 34.5 Å². The number of carbonyl (C=O) groups is 1. The molecule has 1 amide bonds. The summed E-state index contributed by atoms with van der Waals surface area (Å²) < 4.78 is 0. The van der Waals surface area contributed by atoms with Crippen LogP contribution in [0.15, 0.2) is 72.4 Å². The molecule has 2 aromatic carbocycles. The Balaban J connectivity index is 1.49. The highest BCUT2D eigenvalue weighted by molar-refractivity contribution is 5.97. The van der Waals surface area contributed by atoms with Crippen LogP contribution in [0.5, 0.6) is 0 Å². The second-order valence-corrected chi connectivity index (χ2v) is 6.99. The van der Waals surface area contributed by atoms with E-state index in [9.17, 15) is 10.1 Å². The highest BCUT2D eigenvalue weighted by Gasteiger charge is 2.19. The minimum absolute atomic E-state index is 0.174. The fraction of sp³-hybridized carbons (Fsp3) is 0.304. The van der Waals surface area contributed by atoms with E-state index in [1.54, 1.807) is 6.20 Å². The SMILES string of the molecule is N#C/C(=C/N1CCC(Cc2ccccc2)CC1)C(=O)NCc1ccccc1. The first-order chi connectivity index (χ1) is 13.2. The molecule has 0 aromatic heterocycles. The third-order valence-electron chi connectivity index (χ3n) is 4.99. The largest absolute Gasteiger partial charge is 0.376 e. The fourth-order valence-corrected chi connectivity index (χ4v) is 3.43. The number of carbonyl (C=O) groups excluding carboxylic acids is 1. The topological polar surface area (TPSA) is 56.1 Å². The van der Waals surface area contributed by atoms with Crippen LogP contribution in [0.2, 0.25) is 0 Å². The second kappa shape index (κ2) is 9.59. The van der Waals surface area contributed by atoms with Crippen LogP contribution in [-0.4, -0.2) is 23.9 Å². The van der Waals surface area contributed by atoms with Crippen molar-refractivity contribution in [2.24, 2.45) is 5.92 Å². The maximum absolute atomic E-state index is 12.3. The predicted molar refractivity (Wildman–Crippen MR) is 106 cm³/mol. The summed E-state index contributed by atoms with van der Waals surface area (Å²) in [5.41, 5.74) is 2.57. The number of piperidine rings is 1. The van der Waals surface area contributed by atoms with Gasteiger partial charge in [-0.25, -0.2) is 0 Å². The van der Waals surface area contributed by atoms with E-state index >= 15 is 0 Å². The van der Waals surface area contributed by atoms with Gasteiger partial charge in [-0.1, -0.05) is 60.7 Å². The van der Waals surface area contributed by atoms with E-state index in [1.165, 1.54) is 5.56 Å². The second-order valence-electron chi connectivity index (χ2n) is 6.99. The van der Waals surface area contributed by atoms with Gasteiger partial charge in [-0.3, -0.25) is 4.79 Å². The van der Waals surface area contributed by atoms with Crippen molar-refractivity contribution in [2.45, 2.75) is 25.8 Å². The maximum atomic E-state index is 12.3. The third kappa shape index (κ3) is 5.72. The Kier molecular flexibility index (Phi) is 6.65. The lowest BCUT2D eigenvalue weighted by molar-refractivity contribution is -0.117. The number of amides is 1. The number of benzene rings is 2. The molecule has 2 aromatic rings. The van der Waals surface area contributed by atoms with E-state index in [-0.39, 0.29) is 11.5 Å². The molecule has 0 saturated carbocycles. The van der Waals surface area contributed by atoms with Gasteiger partial charge >= 0.3 is 0 Å². The van der Waals surface area contributed by atoms with Crippen molar-refractivity contribution in [3.63, 3.8) is 0 Å². The molecule has 0 radical (unpaired) electrons. The molecule has 0 spiro atoms. The lowest BCUT2D eigenvalue weighted by Crippen LogP contribution is -2.32. The molecular formula is C23H25N3O. The van der Waals surface area contributed by atoms with E-state index < -0.39 is 0 Å². The lowest BCUT2D eigenvalue weighted by Gasteiger charge is -2.31. The van der Waals surface area contributed by atoms with Gasteiger partial charge in [-0.05, 0) is 36.3 Å². The summed E-state index contributed by atoms with van der Waals surface area (Å²) in [6.07, 6.45) is 4.98. The van der Waals surface area contributed by atoms with Crippen LogP contribution in [0, 0.1) is 17.2 Å². The van der Waals surface area contributed by atoms with E-state index in [0.29, 0.717) is 12.5 Å². The summed E-state index contributed by atoms with van der Waals surface area (Å²) in [6.45, 7) is 2.20. The Labute approximate surface area is 161 Å². The number of nitriles is 1. The van der Waals surface area contributed by atoms with Gasteiger partial charge in [-0.15, -0.1) is 0 Å². The van der Waals surface area contributed by atoms with Gasteiger partial charge < -0.3 is 10.2 Å². The van der Waals surface area contributed by atoms with Crippen LogP contribution in [0.1, 0.15) is 24.0 Å². The van der Waals surface area contributed by atoms with Crippen LogP contribution in [0.4, 0.5) is 0 Å². The molecule has 0 unspecified atom stereocenters. The van der Waals surface area contributed by atoms with Gasteiger partial charge in [-0.2, -0.15) is 5.26 Å². The Morgan fingerprint density at radius 2 is 1.63 bits per heavy atom. The van der Waals surface area contributed by atoms with Crippen LogP contribution >= 0.6 is 0 Å². The molecule has 1 heterocycles. The first-order valence-electron chi connectivity index (χ1n) is 9.46. The third-order valence-corrected chi connectivity index (χ3v) is 4.99. The van der Waals surface area contributed by atoms with Crippen molar-refractivity contribution in [1.29, 1.82) is 5.26 Å². The normalized spacial score (nSPS) is 15.2. The quantitative estimate of drug-likeness (QED) is 0.632. The molecule has 27 heavy (non-hydrogen) atoms. The first-order valence-corrected chi connectivity index (χ1v) is 9.46. The van der Waals surface area contributed by atoms with Gasteiger partial charge in [0.15, 0.2) is 0 Å².